The molecule has 12 heteroatoms. The number of ether oxygens (including phenoxy) is 2. The highest BCUT2D eigenvalue weighted by Crippen LogP contribution is 2.36. The maximum Gasteiger partial charge on any atom is 0.251 e. The molecule has 0 saturated heterocycles. The first-order valence-corrected chi connectivity index (χ1v) is 12.6. The highest BCUT2D eigenvalue weighted by atomic mass is 19.1. The maximum atomic E-state index is 14.0. The predicted octanol–water partition coefficient (Wildman–Crippen LogP) is 4.32. The van der Waals surface area contributed by atoms with Crippen molar-refractivity contribution in [2.75, 3.05) is 19.1 Å². The van der Waals surface area contributed by atoms with Crippen molar-refractivity contribution in [3.8, 4) is 22.9 Å². The van der Waals surface area contributed by atoms with Crippen molar-refractivity contribution >= 4 is 17.5 Å². The molecule has 41 heavy (non-hydrogen) atoms. The van der Waals surface area contributed by atoms with E-state index in [4.69, 9.17) is 9.47 Å². The zero-order valence-corrected chi connectivity index (χ0v) is 23.3. The van der Waals surface area contributed by atoms with Crippen LogP contribution in [0.15, 0.2) is 66.7 Å². The van der Waals surface area contributed by atoms with Gasteiger partial charge in [-0.1, -0.05) is 12.1 Å². The summed E-state index contributed by atoms with van der Waals surface area (Å²) >= 11 is 0. The number of anilines is 1. The second-order valence-electron chi connectivity index (χ2n) is 10.1. The van der Waals surface area contributed by atoms with Crippen molar-refractivity contribution in [3.05, 3.63) is 83.9 Å². The van der Waals surface area contributed by atoms with Crippen LogP contribution in [0, 0.1) is 11.6 Å². The molecule has 214 valence electrons. The van der Waals surface area contributed by atoms with E-state index in [1.807, 2.05) is 20.8 Å². The number of methoxy groups -OCH3 is 2. The molecule has 10 nitrogen and oxygen atoms in total. The Hall–Kier alpha value is -4.87. The van der Waals surface area contributed by atoms with Crippen LogP contribution in [-0.2, 0) is 16.1 Å². The zero-order valence-electron chi connectivity index (χ0n) is 23.3. The SMILES string of the molecule is COc1ccc(N(C(=O)Cn2nnc(-c3ccc(F)cc3)n2)[C@H](C(=O)NC(C)(C)C)c2ccc(F)cc2)cc1OC. The smallest absolute Gasteiger partial charge is 0.251 e. The van der Waals surface area contributed by atoms with E-state index in [2.05, 4.69) is 20.7 Å². The second-order valence-corrected chi connectivity index (χ2v) is 10.1. The van der Waals surface area contributed by atoms with Crippen LogP contribution in [0.3, 0.4) is 0 Å². The Labute approximate surface area is 235 Å². The highest BCUT2D eigenvalue weighted by Gasteiger charge is 2.35. The lowest BCUT2D eigenvalue weighted by Gasteiger charge is -2.34. The number of amides is 2. The molecule has 0 aliphatic rings. The minimum atomic E-state index is -1.21. The molecule has 0 spiro atoms. The molecule has 0 unspecified atom stereocenters. The molecular weight excluding hydrogens is 534 g/mol. The lowest BCUT2D eigenvalue weighted by molar-refractivity contribution is -0.128. The van der Waals surface area contributed by atoms with Crippen LogP contribution < -0.4 is 19.7 Å². The molecule has 4 aromatic rings. The van der Waals surface area contributed by atoms with E-state index in [-0.39, 0.29) is 5.82 Å². The summed E-state index contributed by atoms with van der Waals surface area (Å²) < 4.78 is 38.0. The topological polar surface area (TPSA) is 111 Å². The summed E-state index contributed by atoms with van der Waals surface area (Å²) in [7, 11) is 2.93. The molecule has 4 rings (SSSR count). The third-order valence-electron chi connectivity index (χ3n) is 5.94. The fourth-order valence-electron chi connectivity index (χ4n) is 4.13. The zero-order chi connectivity index (χ0) is 29.7. The Balaban J connectivity index is 1.79. The fourth-order valence-corrected chi connectivity index (χ4v) is 4.13. The summed E-state index contributed by atoms with van der Waals surface area (Å²) in [6, 6.07) is 14.4. The number of hydrogen-bond donors (Lipinski definition) is 1. The Morgan fingerprint density at radius 3 is 2.12 bits per heavy atom. The average Bonchev–Trinajstić information content (AvgIpc) is 3.39. The van der Waals surface area contributed by atoms with Gasteiger partial charge in [0.1, 0.15) is 24.2 Å². The first kappa shape index (κ1) is 29.1. The molecule has 0 radical (unpaired) electrons. The lowest BCUT2D eigenvalue weighted by Crippen LogP contribution is -2.50. The van der Waals surface area contributed by atoms with Crippen molar-refractivity contribution in [1.29, 1.82) is 0 Å². The summed E-state index contributed by atoms with van der Waals surface area (Å²) in [6.07, 6.45) is 0. The summed E-state index contributed by atoms with van der Waals surface area (Å²) in [5, 5.41) is 15.1. The van der Waals surface area contributed by atoms with Gasteiger partial charge in [-0.2, -0.15) is 4.80 Å². The Kier molecular flexibility index (Phi) is 8.60. The van der Waals surface area contributed by atoms with Crippen molar-refractivity contribution in [1.82, 2.24) is 25.5 Å². The number of tetrazole rings is 1. The molecule has 0 bridgehead atoms. The number of benzene rings is 3. The van der Waals surface area contributed by atoms with E-state index in [0.29, 0.717) is 28.3 Å². The average molecular weight is 565 g/mol. The molecule has 0 fully saturated rings. The number of hydrogen-bond acceptors (Lipinski definition) is 7. The minimum absolute atomic E-state index is 0.191. The van der Waals surface area contributed by atoms with Gasteiger partial charge in [0.05, 0.1) is 14.2 Å². The van der Waals surface area contributed by atoms with Gasteiger partial charge >= 0.3 is 0 Å². The van der Waals surface area contributed by atoms with Crippen LogP contribution in [0.2, 0.25) is 0 Å². The number of halogens is 2. The van der Waals surface area contributed by atoms with Gasteiger partial charge in [0.15, 0.2) is 11.5 Å². The second kappa shape index (κ2) is 12.1. The van der Waals surface area contributed by atoms with Gasteiger partial charge in [0.2, 0.25) is 11.7 Å². The summed E-state index contributed by atoms with van der Waals surface area (Å²) in [4.78, 5) is 30.2. The van der Waals surface area contributed by atoms with Gasteiger partial charge < -0.3 is 14.8 Å². The first-order chi connectivity index (χ1) is 19.5. The van der Waals surface area contributed by atoms with Gasteiger partial charge in [-0.05, 0) is 80.1 Å². The number of rotatable bonds is 9. The van der Waals surface area contributed by atoms with Gasteiger partial charge in [-0.3, -0.25) is 14.5 Å². The molecule has 0 aliphatic heterocycles. The van der Waals surface area contributed by atoms with Gasteiger partial charge in [0, 0.05) is 22.9 Å². The number of aromatic nitrogens is 4. The van der Waals surface area contributed by atoms with E-state index in [1.165, 1.54) is 67.7 Å². The molecular formula is C29H30F2N6O4. The summed E-state index contributed by atoms with van der Waals surface area (Å²) in [5.74, 6) is -1.03. The quantitative estimate of drug-likeness (QED) is 0.322. The van der Waals surface area contributed by atoms with Crippen LogP contribution in [0.5, 0.6) is 11.5 Å². The minimum Gasteiger partial charge on any atom is -0.493 e. The third-order valence-corrected chi connectivity index (χ3v) is 5.94. The number of carbonyl (C=O) groups excluding carboxylic acids is 2. The number of carbonyl (C=O) groups is 2. The Morgan fingerprint density at radius 1 is 0.927 bits per heavy atom. The van der Waals surface area contributed by atoms with Crippen molar-refractivity contribution in [3.63, 3.8) is 0 Å². The molecule has 0 aliphatic carbocycles. The van der Waals surface area contributed by atoms with E-state index >= 15 is 0 Å². The van der Waals surface area contributed by atoms with E-state index in [9.17, 15) is 18.4 Å². The molecule has 0 saturated carbocycles. The summed E-state index contributed by atoms with van der Waals surface area (Å²) in [5.41, 5.74) is 0.550. The Bertz CT molecular complexity index is 1520. The van der Waals surface area contributed by atoms with E-state index in [1.54, 1.807) is 18.2 Å². The number of nitrogens with zero attached hydrogens (tertiary/aromatic N) is 5. The largest absolute Gasteiger partial charge is 0.493 e. The van der Waals surface area contributed by atoms with Crippen molar-refractivity contribution in [2.24, 2.45) is 0 Å². The molecule has 1 aromatic heterocycles. The first-order valence-electron chi connectivity index (χ1n) is 12.6. The van der Waals surface area contributed by atoms with Crippen molar-refractivity contribution in [2.45, 2.75) is 38.9 Å². The number of nitrogens with one attached hydrogen (secondary N) is 1. The van der Waals surface area contributed by atoms with E-state index < -0.39 is 41.6 Å². The van der Waals surface area contributed by atoms with Crippen LogP contribution in [0.1, 0.15) is 32.4 Å². The summed E-state index contributed by atoms with van der Waals surface area (Å²) in [6.45, 7) is 5.03. The Morgan fingerprint density at radius 2 is 1.54 bits per heavy atom. The van der Waals surface area contributed by atoms with Crippen LogP contribution >= 0.6 is 0 Å². The van der Waals surface area contributed by atoms with Gasteiger partial charge in [0.25, 0.3) is 5.91 Å². The predicted molar refractivity (Wildman–Crippen MR) is 147 cm³/mol. The lowest BCUT2D eigenvalue weighted by atomic mass is 10.0. The van der Waals surface area contributed by atoms with Crippen LogP contribution in [0.25, 0.3) is 11.4 Å². The third kappa shape index (κ3) is 7.02. The van der Waals surface area contributed by atoms with Gasteiger partial charge in [-0.25, -0.2) is 8.78 Å². The highest BCUT2D eigenvalue weighted by molar-refractivity contribution is 6.01. The monoisotopic (exact) mass is 564 g/mol. The normalized spacial score (nSPS) is 12.0. The van der Waals surface area contributed by atoms with E-state index in [0.717, 1.165) is 4.80 Å². The molecule has 1 atom stereocenters. The fraction of sp³-hybridized carbons (Fsp3) is 0.276. The maximum absolute atomic E-state index is 14.0. The molecule has 2 amide bonds. The molecule has 3 aromatic carbocycles. The molecule has 1 N–H and O–H groups in total. The molecule has 1 heterocycles. The van der Waals surface area contributed by atoms with Crippen LogP contribution in [0.4, 0.5) is 14.5 Å². The van der Waals surface area contributed by atoms with Gasteiger partial charge in [-0.15, -0.1) is 10.2 Å². The standard InChI is InChI=1S/C29H30F2N6O4/c1-29(2,3)32-28(39)26(18-6-10-20(30)11-7-18)37(22-14-15-23(40-4)24(16-22)41-5)25(38)17-36-34-27(33-35-36)19-8-12-21(31)13-9-19/h6-16,26H,17H2,1-5H3,(H,32,39)/t26-/m0/s1. The van der Waals surface area contributed by atoms with Crippen LogP contribution in [-0.4, -0.2) is 51.8 Å². The van der Waals surface area contributed by atoms with Crippen molar-refractivity contribution < 1.29 is 27.8 Å².